The van der Waals surface area contributed by atoms with E-state index in [-0.39, 0.29) is 11.1 Å². The SMILES string of the molecule is Fc1cc(F)cc(-c2cc[c]cc2C(F)(F)F)c1. The van der Waals surface area contributed by atoms with Crippen LogP contribution < -0.4 is 0 Å². The van der Waals surface area contributed by atoms with Crippen LogP contribution in [0.4, 0.5) is 22.0 Å². The topological polar surface area (TPSA) is 0 Å². The zero-order valence-electron chi connectivity index (χ0n) is 8.85. The number of halogens is 5. The summed E-state index contributed by atoms with van der Waals surface area (Å²) in [6, 6.07) is 7.74. The van der Waals surface area contributed by atoms with Gasteiger partial charge in [-0.25, -0.2) is 8.78 Å². The number of hydrogen-bond acceptors (Lipinski definition) is 0. The molecule has 0 aromatic heterocycles. The Bertz CT molecular complexity index is 552. The van der Waals surface area contributed by atoms with Gasteiger partial charge in [0.15, 0.2) is 0 Å². The first-order valence-corrected chi connectivity index (χ1v) is 4.91. The lowest BCUT2D eigenvalue weighted by molar-refractivity contribution is -0.137. The monoisotopic (exact) mass is 257 g/mol. The Morgan fingerprint density at radius 2 is 1.56 bits per heavy atom. The molecule has 0 spiro atoms. The molecule has 0 atom stereocenters. The van der Waals surface area contributed by atoms with E-state index in [4.69, 9.17) is 0 Å². The van der Waals surface area contributed by atoms with Gasteiger partial charge < -0.3 is 0 Å². The first-order chi connectivity index (χ1) is 8.38. The van der Waals surface area contributed by atoms with Crippen molar-refractivity contribution in [2.45, 2.75) is 6.18 Å². The summed E-state index contributed by atoms with van der Waals surface area (Å²) in [6.45, 7) is 0. The van der Waals surface area contributed by atoms with Crippen molar-refractivity contribution in [2.24, 2.45) is 0 Å². The molecule has 0 fully saturated rings. The predicted molar refractivity (Wildman–Crippen MR) is 55.6 cm³/mol. The molecule has 93 valence electrons. The van der Waals surface area contributed by atoms with E-state index >= 15 is 0 Å². The van der Waals surface area contributed by atoms with E-state index in [1.807, 2.05) is 0 Å². The van der Waals surface area contributed by atoms with Crippen LogP contribution in [-0.2, 0) is 6.18 Å². The molecule has 0 aliphatic heterocycles. The zero-order chi connectivity index (χ0) is 13.3. The zero-order valence-corrected chi connectivity index (χ0v) is 8.85. The van der Waals surface area contributed by atoms with Gasteiger partial charge in [0.2, 0.25) is 0 Å². The molecule has 0 nitrogen and oxygen atoms in total. The molecular formula is C13H6F5. The minimum atomic E-state index is -4.60. The molecule has 0 amide bonds. The molecule has 0 bridgehead atoms. The molecule has 1 radical (unpaired) electrons. The number of hydrogen-bond donors (Lipinski definition) is 0. The molecular weight excluding hydrogens is 251 g/mol. The quantitative estimate of drug-likeness (QED) is 0.662. The van der Waals surface area contributed by atoms with E-state index in [2.05, 4.69) is 6.07 Å². The lowest BCUT2D eigenvalue weighted by Gasteiger charge is -2.12. The highest BCUT2D eigenvalue weighted by molar-refractivity contribution is 5.68. The molecule has 2 aromatic carbocycles. The van der Waals surface area contributed by atoms with Crippen LogP contribution in [0.3, 0.4) is 0 Å². The maximum absolute atomic E-state index is 13.0. The highest BCUT2D eigenvalue weighted by atomic mass is 19.4. The fourth-order valence-corrected chi connectivity index (χ4v) is 1.63. The lowest BCUT2D eigenvalue weighted by atomic mass is 9.99. The first-order valence-electron chi connectivity index (χ1n) is 4.91. The summed E-state index contributed by atoms with van der Waals surface area (Å²) in [7, 11) is 0. The molecule has 0 saturated carbocycles. The van der Waals surface area contributed by atoms with Gasteiger partial charge >= 0.3 is 6.18 Å². The van der Waals surface area contributed by atoms with Crippen LogP contribution in [0, 0.1) is 17.7 Å². The average Bonchev–Trinajstić information content (AvgIpc) is 2.26. The molecule has 0 heterocycles. The van der Waals surface area contributed by atoms with E-state index in [9.17, 15) is 22.0 Å². The van der Waals surface area contributed by atoms with Crippen molar-refractivity contribution in [2.75, 3.05) is 0 Å². The van der Waals surface area contributed by atoms with Crippen LogP contribution in [0.1, 0.15) is 5.56 Å². The Morgan fingerprint density at radius 3 is 2.11 bits per heavy atom. The van der Waals surface area contributed by atoms with Crippen molar-refractivity contribution in [1.82, 2.24) is 0 Å². The second-order valence-electron chi connectivity index (χ2n) is 3.63. The van der Waals surface area contributed by atoms with E-state index < -0.39 is 23.4 Å². The minimum absolute atomic E-state index is 0.158. The fourth-order valence-electron chi connectivity index (χ4n) is 1.63. The van der Waals surface area contributed by atoms with Gasteiger partial charge in [0.25, 0.3) is 0 Å². The number of alkyl halides is 3. The van der Waals surface area contributed by atoms with Crippen molar-refractivity contribution >= 4 is 0 Å². The number of rotatable bonds is 1. The standard InChI is InChI=1S/C13H6F5/c14-9-5-8(6-10(15)7-9)11-3-1-2-4-12(11)13(16,17)18/h1,3-7H. The summed E-state index contributed by atoms with van der Waals surface area (Å²) in [6.07, 6.45) is -4.60. The van der Waals surface area contributed by atoms with Gasteiger partial charge in [-0.2, -0.15) is 13.2 Å². The molecule has 0 N–H and O–H groups in total. The smallest absolute Gasteiger partial charge is 0.207 e. The molecule has 0 aliphatic rings. The normalized spacial score (nSPS) is 11.6. The van der Waals surface area contributed by atoms with Crippen molar-refractivity contribution in [1.29, 1.82) is 0 Å². The minimum Gasteiger partial charge on any atom is -0.207 e. The Kier molecular flexibility index (Phi) is 3.07. The number of benzene rings is 2. The van der Waals surface area contributed by atoms with Crippen LogP contribution in [0.25, 0.3) is 11.1 Å². The fraction of sp³-hybridized carbons (Fsp3) is 0.0769. The highest BCUT2D eigenvalue weighted by Crippen LogP contribution is 2.37. The summed E-state index contributed by atoms with van der Waals surface area (Å²) in [5.41, 5.74) is -1.41. The van der Waals surface area contributed by atoms with Gasteiger partial charge in [-0.05, 0) is 35.4 Å². The third-order valence-electron chi connectivity index (χ3n) is 2.34. The van der Waals surface area contributed by atoms with Gasteiger partial charge in [-0.15, -0.1) is 0 Å². The molecule has 0 unspecified atom stereocenters. The summed E-state index contributed by atoms with van der Waals surface area (Å²) in [5, 5.41) is 0. The maximum atomic E-state index is 13.0. The second kappa shape index (κ2) is 4.40. The Morgan fingerprint density at radius 1 is 0.944 bits per heavy atom. The Labute approximate surface area is 99.7 Å². The van der Waals surface area contributed by atoms with Crippen molar-refractivity contribution in [3.63, 3.8) is 0 Å². The van der Waals surface area contributed by atoms with Crippen LogP contribution in [0.2, 0.25) is 0 Å². The molecule has 2 aromatic rings. The average molecular weight is 257 g/mol. The van der Waals surface area contributed by atoms with Crippen molar-refractivity contribution in [3.8, 4) is 11.1 Å². The van der Waals surface area contributed by atoms with E-state index in [0.717, 1.165) is 24.3 Å². The second-order valence-corrected chi connectivity index (χ2v) is 3.63. The van der Waals surface area contributed by atoms with Gasteiger partial charge in [-0.3, -0.25) is 0 Å². The predicted octanol–water partition coefficient (Wildman–Crippen LogP) is 4.45. The summed E-state index contributed by atoms with van der Waals surface area (Å²) < 4.78 is 64.2. The summed E-state index contributed by atoms with van der Waals surface area (Å²) in [4.78, 5) is 0. The largest absolute Gasteiger partial charge is 0.417 e. The van der Waals surface area contributed by atoms with Gasteiger partial charge in [0.05, 0.1) is 5.56 Å². The van der Waals surface area contributed by atoms with Crippen LogP contribution >= 0.6 is 0 Å². The highest BCUT2D eigenvalue weighted by Gasteiger charge is 2.33. The molecule has 18 heavy (non-hydrogen) atoms. The molecule has 0 aliphatic carbocycles. The van der Waals surface area contributed by atoms with Gasteiger partial charge in [-0.1, -0.05) is 12.1 Å². The third-order valence-corrected chi connectivity index (χ3v) is 2.34. The van der Waals surface area contributed by atoms with Gasteiger partial charge in [0, 0.05) is 6.07 Å². The Hall–Kier alpha value is -1.91. The summed E-state index contributed by atoms with van der Waals surface area (Å²) in [5.74, 6) is -1.85. The molecule has 5 heteroatoms. The van der Waals surface area contributed by atoms with Crippen LogP contribution in [0.5, 0.6) is 0 Å². The van der Waals surface area contributed by atoms with Gasteiger partial charge in [0.1, 0.15) is 11.6 Å². The van der Waals surface area contributed by atoms with Crippen LogP contribution in [-0.4, -0.2) is 0 Å². The molecule has 0 saturated heterocycles. The van der Waals surface area contributed by atoms with E-state index in [1.165, 1.54) is 6.07 Å². The van der Waals surface area contributed by atoms with E-state index in [1.54, 1.807) is 0 Å². The Balaban J connectivity index is 2.64. The lowest BCUT2D eigenvalue weighted by Crippen LogP contribution is -2.07. The third kappa shape index (κ3) is 2.50. The van der Waals surface area contributed by atoms with Crippen molar-refractivity contribution in [3.05, 3.63) is 59.7 Å². The van der Waals surface area contributed by atoms with E-state index in [0.29, 0.717) is 6.07 Å². The molecule has 2 rings (SSSR count). The van der Waals surface area contributed by atoms with Crippen LogP contribution in [0.15, 0.2) is 36.4 Å². The van der Waals surface area contributed by atoms with Crippen molar-refractivity contribution < 1.29 is 22.0 Å². The summed E-state index contributed by atoms with van der Waals surface area (Å²) >= 11 is 0. The first kappa shape index (κ1) is 12.5. The maximum Gasteiger partial charge on any atom is 0.417 e.